The highest BCUT2D eigenvalue weighted by atomic mass is 30.6. The van der Waals surface area contributed by atoms with Gasteiger partial charge in [-0.1, -0.05) is 0 Å². The number of hydrogen-bond donors (Lipinski definition) is 41. The van der Waals surface area contributed by atoms with E-state index in [1.807, 2.05) is 0 Å². The summed E-state index contributed by atoms with van der Waals surface area (Å²) in [6.45, 7) is -109. The molecule has 0 fully saturated rings. The molecule has 5 unspecified atom stereocenters. The minimum absolute atomic E-state index is 0.492. The smallest absolute Gasteiger partial charge is 0.420 e. The lowest BCUT2D eigenvalue weighted by Gasteiger charge is -2.77. The van der Waals surface area contributed by atoms with Crippen LogP contribution in [-0.2, 0) is 95.0 Å². The van der Waals surface area contributed by atoms with E-state index in [1.165, 1.54) is 19.6 Å². The summed E-state index contributed by atoms with van der Waals surface area (Å²) in [5, 5.41) is 0. The number of hydrogen-bond acceptors (Lipinski definition) is 64. The van der Waals surface area contributed by atoms with Gasteiger partial charge >= 0.3 is 200 Å². The van der Waals surface area contributed by atoms with Gasteiger partial charge in [0.1, 0.15) is 0 Å². The van der Waals surface area contributed by atoms with Crippen molar-refractivity contribution < 1.29 is 292 Å². The summed E-state index contributed by atoms with van der Waals surface area (Å²) in [5.41, 5.74) is 0. The zero-order chi connectivity index (χ0) is 107. The Labute approximate surface area is 904 Å². The Kier molecular flexibility index (Phi) is 72.0. The lowest BCUT2D eigenvalue weighted by atomic mass is 11.8. The van der Waals surface area contributed by atoms with Crippen LogP contribution in [0.3, 0.4) is 0 Å². The average molecular weight is 3030 g/mol. The third kappa shape index (κ3) is 29.0. The van der Waals surface area contributed by atoms with E-state index in [2.05, 4.69) is 9.76 Å². The van der Waals surface area contributed by atoms with Gasteiger partial charge in [0.15, 0.2) is 16.9 Å². The number of rotatable bonds is 86. The Morgan fingerprint density at radius 2 is 0.435 bits per heavy atom. The van der Waals surface area contributed by atoms with Crippen LogP contribution in [0.4, 0.5) is 0 Å². The fraction of sp³-hybridized carbons (Fsp3) is 1.00. The minimum Gasteiger partial charge on any atom is -0.439 e. The molecule has 0 amide bonds. The van der Waals surface area contributed by atoms with Crippen LogP contribution in [-0.4, -0.2) is 768 Å². The summed E-state index contributed by atoms with van der Waals surface area (Å²) in [6, 6.07) is 0. The molecule has 749 valence electrons. The van der Waals surface area contributed by atoms with E-state index in [4.69, 9.17) is 90.8 Å². The Bertz CT molecular complexity index is 3120. The fourth-order valence-corrected chi connectivity index (χ4v) is 947. The van der Waals surface area contributed by atoms with Gasteiger partial charge in [0.25, 0.3) is 109 Å². The average Bonchev–Trinajstić information content (AvgIpc) is 0.611. The van der Waals surface area contributed by atoms with E-state index in [1.54, 1.807) is 0 Å². The lowest BCUT2D eigenvalue weighted by Crippen LogP contribution is -3.22. The second-order valence-electron chi connectivity index (χ2n) is 26.1. The first-order valence-electron chi connectivity index (χ1n) is 33.4. The molecule has 81 radical (unpaired) electrons. The van der Waals surface area contributed by atoms with Gasteiger partial charge in [-0.15, -0.1) is 0 Å². The molecule has 64 nitrogen and oxygen atoms in total. The molecular formula is C9H69O64Si65. The first kappa shape index (κ1) is 150. The van der Waals surface area contributed by atoms with Gasteiger partial charge in [-0.2, -0.15) is 0 Å². The first-order valence-corrected chi connectivity index (χ1v) is 163. The van der Waals surface area contributed by atoms with Gasteiger partial charge in [0.05, 0.1) is 9.76 Å². The first-order chi connectivity index (χ1) is 64.7. The third-order valence-corrected chi connectivity index (χ3v) is 526. The van der Waals surface area contributed by atoms with Crippen molar-refractivity contribution in [2.45, 2.75) is 52.4 Å². The van der Waals surface area contributed by atoms with Crippen LogP contribution in [0.2, 0.25) is 52.4 Å². The van der Waals surface area contributed by atoms with Crippen molar-refractivity contribution in [2.24, 2.45) is 0 Å². The molecule has 0 rings (SSSR count). The van der Waals surface area contributed by atoms with Crippen molar-refractivity contribution in [1.29, 1.82) is 0 Å². The highest BCUT2D eigenvalue weighted by Crippen LogP contribution is 2.62. The van der Waals surface area contributed by atoms with Crippen molar-refractivity contribution in [3.63, 3.8) is 0 Å². The van der Waals surface area contributed by atoms with Crippen LogP contribution in [0, 0.1) is 0 Å². The van der Waals surface area contributed by atoms with Gasteiger partial charge < -0.3 is 292 Å². The highest BCUT2D eigenvalue weighted by Gasteiger charge is 3.10. The molecule has 0 bridgehead atoms. The molecule has 41 N–H and O–H groups in total. The van der Waals surface area contributed by atoms with Crippen LogP contribution in [0.25, 0.3) is 0 Å². The van der Waals surface area contributed by atoms with E-state index in [0.29, 0.717) is 39.8 Å². The molecule has 0 aliphatic carbocycles. The molecule has 0 saturated carbocycles. The predicted molar refractivity (Wildman–Crippen MR) is 544 cm³/mol. The van der Waals surface area contributed by atoms with Crippen LogP contribution in [0.5, 0.6) is 0 Å². The molecule has 0 aromatic rings. The van der Waals surface area contributed by atoms with E-state index < -0.39 is 555 Å². The second kappa shape index (κ2) is 66.5. The van der Waals surface area contributed by atoms with Crippen LogP contribution < -0.4 is 0 Å². The topological polar surface area (TPSA) is 1040 Å². The molecule has 0 saturated heterocycles. The molecule has 0 aliphatic heterocycles. The van der Waals surface area contributed by atoms with Crippen molar-refractivity contribution in [2.75, 3.05) is 7.11 Å². The maximum atomic E-state index is 14.5. The SMILES string of the molecule is CO[Si]([Si])([Si]O)[Si](O[Si](C)(C)O)(O[Si]([Si](O[Si](C)(C)O[Si](C)(C)C)(O[Si](O[Si](O[Si]O)([Si]O)[Si]O)([Si](O[Si]O)([Si]O)[Si]O)[Si](O[Si]O)([Si]O)[Si]O)[Si](O[Si](O[Si]O)([Si]O)[Si]O)([Si](O[Si]O)([Si]O)[Si]O)[Si](O[Si]O)([Si]O)[Si]O)([Si](O[Si](O[Si]O)([Si]O)[Si]O)([Si](O[Si]O)([Si]O)[Si]O)[Si](O[Si]O)([Si]O)[Si]O)[Si](O[Si](O[Si]O)([Si]O)[Si]O)([Si](O[Si]O)([Si]O)[Si]O)[Si](O[Si]O)([Si]O)[Si]O)[Si](O[Si]O)([Si]O)[SiH](C)O. The van der Waals surface area contributed by atoms with Crippen LogP contribution in [0.1, 0.15) is 0 Å². The lowest BCUT2D eigenvalue weighted by molar-refractivity contribution is 0.288. The van der Waals surface area contributed by atoms with Crippen LogP contribution in [0.15, 0.2) is 0 Å². The van der Waals surface area contributed by atoms with Crippen LogP contribution >= 0.6 is 0 Å². The van der Waals surface area contributed by atoms with Gasteiger partial charge in [0.2, 0.25) is 229 Å². The second-order valence-corrected chi connectivity index (χ2v) is 303. The molecule has 5 atom stereocenters. The molecular weight excluding hydrogens is 2960 g/mol. The van der Waals surface area contributed by atoms with Gasteiger partial charge in [0, 0.05) is 7.11 Å². The molecule has 0 heterocycles. The van der Waals surface area contributed by atoms with Gasteiger partial charge in [-0.05, 0) is 52.4 Å². The van der Waals surface area contributed by atoms with Crippen molar-refractivity contribution in [3.05, 3.63) is 0 Å². The summed E-state index contributed by atoms with van der Waals surface area (Å²) < 4.78 is 165. The molecule has 138 heavy (non-hydrogen) atoms. The van der Waals surface area contributed by atoms with Gasteiger partial charge in [-0.3, -0.25) is 0 Å². The van der Waals surface area contributed by atoms with E-state index in [-0.39, 0.29) is 0 Å². The minimum atomic E-state index is -10.7. The summed E-state index contributed by atoms with van der Waals surface area (Å²) in [4.78, 5) is 550. The van der Waals surface area contributed by atoms with E-state index in [0.717, 1.165) is 0 Å². The summed E-state index contributed by atoms with van der Waals surface area (Å²) in [6.07, 6.45) is 0. The Balaban J connectivity index is 19.8. The Morgan fingerprint density at radius 3 is 0.623 bits per heavy atom. The zero-order valence-corrected chi connectivity index (χ0v) is 134. The molecule has 0 aliphatic rings. The van der Waals surface area contributed by atoms with Crippen molar-refractivity contribution in [1.82, 2.24) is 0 Å². The molecule has 0 aromatic heterocycles. The Hall–Kier alpha value is 11.5. The van der Waals surface area contributed by atoms with Crippen molar-refractivity contribution in [3.8, 4) is 0 Å². The maximum Gasteiger partial charge on any atom is 0.420 e. The maximum absolute atomic E-state index is 14.5. The summed E-state index contributed by atoms with van der Waals surface area (Å²) >= 11 is 0. The van der Waals surface area contributed by atoms with E-state index >= 15 is 0 Å². The summed E-state index contributed by atoms with van der Waals surface area (Å²) in [5.74, 6) is 0. The van der Waals surface area contributed by atoms with Gasteiger partial charge in [-0.25, -0.2) is 0 Å². The quantitative estimate of drug-likeness (QED) is 0.0251. The fourth-order valence-electron chi connectivity index (χ4n) is 12.8. The third-order valence-electron chi connectivity index (χ3n) is 17.3. The normalized spacial score (nSPS) is 16.6. The van der Waals surface area contributed by atoms with E-state index in [9.17, 15) is 201 Å². The molecule has 0 spiro atoms. The molecule has 0 aromatic carbocycles. The van der Waals surface area contributed by atoms with Crippen molar-refractivity contribution >= 4 is 564 Å². The molecule has 129 heteroatoms. The Morgan fingerprint density at radius 1 is 0.210 bits per heavy atom. The largest absolute Gasteiger partial charge is 0.439 e. The highest BCUT2D eigenvalue weighted by molar-refractivity contribution is 8.35. The standard InChI is InChI=1S/C9H69O64Si65/c1-51-125(74,96-31)122(66-116(6,7)50,134(113-48,64-87-22)114(2)49)73-136(137(130(105-40,106-41)60-83-18,131(107-42,108-43)61-84-19)70-120(92-27,93-28)54-77-12,138(132(109-44,110-45)62-85-20,133(111-46,112-47)63-86-21)71-121(94-29,95-30)55-78-13)124(67-117(8,9)65-115(3,4)5,135(128(101-36,102-37)58-81-16,129(103-38,104-39)59-82-17)69-119(90-25,91-26)53-76-11)72-123(126(97-32,98-33)56-79-14,127(99-34,100-35)57-80-15)68-118(88-23,89-24)52-75-10/h10-50,114H,1-9H3. The zero-order valence-electron chi connectivity index (χ0n) is 69.3. The predicted octanol–water partition coefficient (Wildman–Crippen LogP) is -44.6. The summed E-state index contributed by atoms with van der Waals surface area (Å²) in [7, 11) is -187. The monoisotopic (exact) mass is 3020 g/mol.